The Morgan fingerprint density at radius 2 is 1.42 bits per heavy atom. The molecule has 1 fully saturated rings. The zero-order valence-electron chi connectivity index (χ0n) is 10.6. The molecule has 1 N–H and O–H groups in total. The summed E-state index contributed by atoms with van der Waals surface area (Å²) in [6.45, 7) is 0. The topological polar surface area (TPSA) is 37.3 Å². The van der Waals surface area contributed by atoms with Crippen LogP contribution in [0.3, 0.4) is 0 Å². The Balaban J connectivity index is 1.96. The van der Waals surface area contributed by atoms with Gasteiger partial charge in [-0.2, -0.15) is 0 Å². The average molecular weight is 252 g/mol. The summed E-state index contributed by atoms with van der Waals surface area (Å²) in [7, 11) is 0. The second-order valence-electron chi connectivity index (χ2n) is 5.14. The number of carboxylic acid groups (broad SMARTS) is 1. The first kappa shape index (κ1) is 12.0. The van der Waals surface area contributed by atoms with Crippen LogP contribution in [0, 0.1) is 11.8 Å². The van der Waals surface area contributed by atoms with Crippen molar-refractivity contribution in [1.82, 2.24) is 0 Å². The van der Waals surface area contributed by atoms with Crippen molar-refractivity contribution in [3.63, 3.8) is 0 Å². The molecule has 1 aliphatic carbocycles. The molecule has 0 unspecified atom stereocenters. The van der Waals surface area contributed by atoms with Gasteiger partial charge in [-0.25, -0.2) is 0 Å². The van der Waals surface area contributed by atoms with Gasteiger partial charge in [-0.15, -0.1) is 0 Å². The first-order chi connectivity index (χ1) is 9.27. The van der Waals surface area contributed by atoms with Gasteiger partial charge in [-0.05, 0) is 23.5 Å². The summed E-state index contributed by atoms with van der Waals surface area (Å²) < 4.78 is 0. The minimum absolute atomic E-state index is 0.189. The molecule has 96 valence electrons. The summed E-state index contributed by atoms with van der Waals surface area (Å²) in [4.78, 5) is 11.1. The molecule has 2 atom stereocenters. The summed E-state index contributed by atoms with van der Waals surface area (Å²) in [6, 6.07) is 20.4. The second-order valence-corrected chi connectivity index (χ2v) is 5.14. The van der Waals surface area contributed by atoms with Gasteiger partial charge in [0, 0.05) is 5.92 Å². The average Bonchev–Trinajstić information content (AvgIpc) is 3.22. The van der Waals surface area contributed by atoms with Gasteiger partial charge in [-0.1, -0.05) is 60.7 Å². The highest BCUT2D eigenvalue weighted by Gasteiger charge is 2.48. The fourth-order valence-corrected chi connectivity index (χ4v) is 2.87. The zero-order valence-corrected chi connectivity index (χ0v) is 10.6. The van der Waals surface area contributed by atoms with Crippen LogP contribution in [-0.4, -0.2) is 11.1 Å². The molecule has 1 aliphatic rings. The van der Waals surface area contributed by atoms with Crippen LogP contribution in [0.4, 0.5) is 0 Å². The van der Waals surface area contributed by atoms with E-state index in [0.29, 0.717) is 0 Å². The van der Waals surface area contributed by atoms with Crippen molar-refractivity contribution in [2.24, 2.45) is 11.8 Å². The van der Waals surface area contributed by atoms with E-state index in [-0.39, 0.29) is 17.8 Å². The summed E-state index contributed by atoms with van der Waals surface area (Å²) >= 11 is 0. The van der Waals surface area contributed by atoms with Crippen LogP contribution in [0.2, 0.25) is 0 Å². The lowest BCUT2D eigenvalue weighted by Gasteiger charge is -2.17. The van der Waals surface area contributed by atoms with E-state index < -0.39 is 5.97 Å². The van der Waals surface area contributed by atoms with Crippen LogP contribution in [0.1, 0.15) is 23.5 Å². The highest BCUT2D eigenvalue weighted by Crippen LogP contribution is 2.51. The Morgan fingerprint density at radius 1 is 0.947 bits per heavy atom. The molecule has 2 heteroatoms. The van der Waals surface area contributed by atoms with E-state index in [9.17, 15) is 4.79 Å². The van der Waals surface area contributed by atoms with Crippen LogP contribution in [-0.2, 0) is 4.79 Å². The Hall–Kier alpha value is -2.09. The molecule has 2 aromatic rings. The molecule has 19 heavy (non-hydrogen) atoms. The highest BCUT2D eigenvalue weighted by molar-refractivity contribution is 5.74. The maximum Gasteiger partial charge on any atom is 0.306 e. The lowest BCUT2D eigenvalue weighted by molar-refractivity contribution is -0.138. The molecule has 1 saturated carbocycles. The van der Waals surface area contributed by atoms with Gasteiger partial charge in [0.15, 0.2) is 0 Å². The Labute approximate surface area is 112 Å². The standard InChI is InChI=1S/C17H16O2/c18-17(19)15-11-14(15)16(12-7-3-1-4-8-12)13-9-5-2-6-10-13/h1-10,14-16H,11H2,(H,18,19)/t14-,15-/m1/s1. The van der Waals surface area contributed by atoms with Gasteiger partial charge in [-0.3, -0.25) is 4.79 Å². The first-order valence-corrected chi connectivity index (χ1v) is 6.60. The number of carboxylic acids is 1. The number of hydrogen-bond donors (Lipinski definition) is 1. The van der Waals surface area contributed by atoms with Gasteiger partial charge < -0.3 is 5.11 Å². The highest BCUT2D eigenvalue weighted by atomic mass is 16.4. The van der Waals surface area contributed by atoms with Crippen LogP contribution in [0.15, 0.2) is 60.7 Å². The Bertz CT molecular complexity index is 523. The van der Waals surface area contributed by atoms with E-state index in [2.05, 4.69) is 24.3 Å². The van der Waals surface area contributed by atoms with Gasteiger partial charge in [0.25, 0.3) is 0 Å². The molecule has 0 aliphatic heterocycles. The molecule has 2 aromatic carbocycles. The molecule has 0 saturated heterocycles. The lowest BCUT2D eigenvalue weighted by Crippen LogP contribution is -2.08. The van der Waals surface area contributed by atoms with Gasteiger partial charge in [0.1, 0.15) is 0 Å². The third kappa shape index (κ3) is 2.39. The fourth-order valence-electron chi connectivity index (χ4n) is 2.87. The van der Waals surface area contributed by atoms with Crippen molar-refractivity contribution >= 4 is 5.97 Å². The van der Waals surface area contributed by atoms with Crippen LogP contribution in [0.5, 0.6) is 0 Å². The van der Waals surface area contributed by atoms with Crippen LogP contribution >= 0.6 is 0 Å². The third-order valence-corrected chi connectivity index (χ3v) is 3.90. The molecule has 2 nitrogen and oxygen atoms in total. The Kier molecular flexibility index (Phi) is 3.08. The van der Waals surface area contributed by atoms with E-state index in [0.717, 1.165) is 6.42 Å². The van der Waals surface area contributed by atoms with Crippen LogP contribution < -0.4 is 0 Å². The number of rotatable bonds is 4. The molecule has 0 heterocycles. The van der Waals surface area contributed by atoms with Crippen molar-refractivity contribution < 1.29 is 9.90 Å². The van der Waals surface area contributed by atoms with Crippen molar-refractivity contribution in [2.45, 2.75) is 12.3 Å². The fraction of sp³-hybridized carbons (Fsp3) is 0.235. The molecular formula is C17H16O2. The van der Waals surface area contributed by atoms with E-state index in [1.54, 1.807) is 0 Å². The molecule has 0 aromatic heterocycles. The van der Waals surface area contributed by atoms with E-state index in [4.69, 9.17) is 5.11 Å². The van der Waals surface area contributed by atoms with Crippen molar-refractivity contribution in [3.8, 4) is 0 Å². The molecule has 0 bridgehead atoms. The SMILES string of the molecule is O=C(O)[C@@H]1C[C@H]1C(c1ccccc1)c1ccccc1. The normalized spacial score (nSPS) is 21.3. The lowest BCUT2D eigenvalue weighted by atomic mass is 9.86. The van der Waals surface area contributed by atoms with Gasteiger partial charge in [0.05, 0.1) is 5.92 Å². The number of aliphatic carboxylic acids is 1. The quantitative estimate of drug-likeness (QED) is 0.903. The molecule has 0 amide bonds. The van der Waals surface area contributed by atoms with Crippen molar-refractivity contribution in [3.05, 3.63) is 71.8 Å². The number of benzene rings is 2. The summed E-state index contributed by atoms with van der Waals surface area (Å²) in [5, 5.41) is 9.17. The smallest absolute Gasteiger partial charge is 0.306 e. The van der Waals surface area contributed by atoms with Gasteiger partial charge in [0.2, 0.25) is 0 Å². The molecule has 3 rings (SSSR count). The van der Waals surface area contributed by atoms with E-state index in [1.165, 1.54) is 11.1 Å². The van der Waals surface area contributed by atoms with E-state index in [1.807, 2.05) is 36.4 Å². The third-order valence-electron chi connectivity index (χ3n) is 3.90. The zero-order chi connectivity index (χ0) is 13.2. The van der Waals surface area contributed by atoms with Crippen LogP contribution in [0.25, 0.3) is 0 Å². The minimum Gasteiger partial charge on any atom is -0.481 e. The predicted molar refractivity (Wildman–Crippen MR) is 74.0 cm³/mol. The second kappa shape index (κ2) is 4.88. The monoisotopic (exact) mass is 252 g/mol. The van der Waals surface area contributed by atoms with E-state index >= 15 is 0 Å². The maximum absolute atomic E-state index is 11.1. The number of hydrogen-bond acceptors (Lipinski definition) is 1. The first-order valence-electron chi connectivity index (χ1n) is 6.60. The Morgan fingerprint density at radius 3 is 1.79 bits per heavy atom. The maximum atomic E-state index is 11.1. The predicted octanol–water partition coefficient (Wildman–Crippen LogP) is 3.54. The molecular weight excluding hydrogens is 236 g/mol. The van der Waals surface area contributed by atoms with Crippen molar-refractivity contribution in [2.75, 3.05) is 0 Å². The number of carbonyl (C=O) groups is 1. The molecule has 0 spiro atoms. The van der Waals surface area contributed by atoms with Crippen molar-refractivity contribution in [1.29, 1.82) is 0 Å². The molecule has 0 radical (unpaired) electrons. The minimum atomic E-state index is -0.665. The summed E-state index contributed by atoms with van der Waals surface area (Å²) in [5.74, 6) is -0.432. The largest absolute Gasteiger partial charge is 0.481 e. The summed E-state index contributed by atoms with van der Waals surface area (Å²) in [6.07, 6.45) is 0.782. The summed E-state index contributed by atoms with van der Waals surface area (Å²) in [5.41, 5.74) is 2.42. The van der Waals surface area contributed by atoms with Gasteiger partial charge >= 0.3 is 5.97 Å².